The second-order valence-corrected chi connectivity index (χ2v) is 5.32. The molecule has 0 radical (unpaired) electrons. The standard InChI is InChI=1S/C16H24N2O3/c1-2-3-7-18(8-4-9-19)16(20)17-15-6-5-13-11-21-12-14(13)10-15/h5-6,10,19H,2-4,7-9,11-12H2,1H3,(H,17,20). The number of ether oxygens (including phenoxy) is 1. The number of aliphatic hydroxyl groups is 1. The van der Waals surface area contributed by atoms with Gasteiger partial charge in [0, 0.05) is 25.4 Å². The van der Waals surface area contributed by atoms with Gasteiger partial charge in [-0.3, -0.25) is 0 Å². The summed E-state index contributed by atoms with van der Waals surface area (Å²) in [6, 6.07) is 5.79. The second-order valence-electron chi connectivity index (χ2n) is 5.32. The number of anilines is 1. The van der Waals surface area contributed by atoms with Crippen molar-refractivity contribution in [2.75, 3.05) is 25.0 Å². The lowest BCUT2D eigenvalue weighted by Gasteiger charge is -2.22. The molecule has 21 heavy (non-hydrogen) atoms. The van der Waals surface area contributed by atoms with Crippen LogP contribution in [0.4, 0.5) is 10.5 Å². The van der Waals surface area contributed by atoms with Crippen molar-refractivity contribution < 1.29 is 14.6 Å². The quantitative estimate of drug-likeness (QED) is 0.812. The third kappa shape index (κ3) is 4.44. The lowest BCUT2D eigenvalue weighted by atomic mass is 10.1. The molecule has 0 unspecified atom stereocenters. The number of fused-ring (bicyclic) bond motifs is 1. The third-order valence-electron chi connectivity index (χ3n) is 3.63. The molecule has 1 aliphatic rings. The van der Waals surface area contributed by atoms with Crippen molar-refractivity contribution >= 4 is 11.7 Å². The van der Waals surface area contributed by atoms with Crippen LogP contribution >= 0.6 is 0 Å². The van der Waals surface area contributed by atoms with E-state index in [0.717, 1.165) is 30.6 Å². The number of rotatable bonds is 7. The number of hydrogen-bond acceptors (Lipinski definition) is 3. The molecule has 1 aromatic carbocycles. The maximum absolute atomic E-state index is 12.3. The normalized spacial score (nSPS) is 13.0. The number of nitrogens with zero attached hydrogens (tertiary/aromatic N) is 1. The van der Waals surface area contributed by atoms with E-state index < -0.39 is 0 Å². The predicted molar refractivity (Wildman–Crippen MR) is 82.1 cm³/mol. The van der Waals surface area contributed by atoms with Crippen molar-refractivity contribution in [1.82, 2.24) is 4.90 Å². The van der Waals surface area contributed by atoms with Gasteiger partial charge in [-0.2, -0.15) is 0 Å². The number of urea groups is 1. The van der Waals surface area contributed by atoms with Gasteiger partial charge < -0.3 is 20.1 Å². The highest BCUT2D eigenvalue weighted by Gasteiger charge is 2.15. The van der Waals surface area contributed by atoms with Crippen LogP contribution in [0.25, 0.3) is 0 Å². The van der Waals surface area contributed by atoms with E-state index in [1.807, 2.05) is 18.2 Å². The number of aliphatic hydroxyl groups excluding tert-OH is 1. The summed E-state index contributed by atoms with van der Waals surface area (Å²) in [5.41, 5.74) is 3.13. The van der Waals surface area contributed by atoms with Crippen LogP contribution in [0.5, 0.6) is 0 Å². The van der Waals surface area contributed by atoms with Crippen LogP contribution in [0.3, 0.4) is 0 Å². The van der Waals surface area contributed by atoms with Crippen LogP contribution in [0.2, 0.25) is 0 Å². The summed E-state index contributed by atoms with van der Waals surface area (Å²) in [5, 5.41) is 11.9. The molecule has 2 N–H and O–H groups in total. The molecule has 0 bridgehead atoms. The van der Waals surface area contributed by atoms with E-state index in [9.17, 15) is 4.79 Å². The molecule has 5 nitrogen and oxygen atoms in total. The molecule has 0 aromatic heterocycles. The lowest BCUT2D eigenvalue weighted by Crippen LogP contribution is -2.36. The molecule has 2 rings (SSSR count). The second kappa shape index (κ2) is 8.00. The Morgan fingerprint density at radius 3 is 2.81 bits per heavy atom. The molecular formula is C16H24N2O3. The van der Waals surface area contributed by atoms with Crippen LogP contribution in [-0.4, -0.2) is 35.7 Å². The first-order valence-electron chi connectivity index (χ1n) is 7.61. The van der Waals surface area contributed by atoms with Gasteiger partial charge in [-0.1, -0.05) is 19.4 Å². The highest BCUT2D eigenvalue weighted by molar-refractivity contribution is 5.89. The number of unbranched alkanes of at least 4 members (excludes halogenated alkanes) is 1. The maximum atomic E-state index is 12.3. The van der Waals surface area contributed by atoms with Crippen molar-refractivity contribution in [3.8, 4) is 0 Å². The Labute approximate surface area is 125 Å². The fraction of sp³-hybridized carbons (Fsp3) is 0.562. The summed E-state index contributed by atoms with van der Waals surface area (Å²) in [7, 11) is 0. The van der Waals surface area contributed by atoms with E-state index in [1.54, 1.807) is 4.90 Å². The Kier molecular flexibility index (Phi) is 6.02. The molecule has 116 valence electrons. The zero-order valence-corrected chi connectivity index (χ0v) is 12.6. The summed E-state index contributed by atoms with van der Waals surface area (Å²) in [6.07, 6.45) is 2.62. The number of amides is 2. The first-order valence-corrected chi connectivity index (χ1v) is 7.61. The Hall–Kier alpha value is -1.59. The molecule has 5 heteroatoms. The van der Waals surface area contributed by atoms with Crippen molar-refractivity contribution in [3.05, 3.63) is 29.3 Å². The SMILES string of the molecule is CCCCN(CCCO)C(=O)Nc1ccc2c(c1)COC2. The fourth-order valence-electron chi connectivity index (χ4n) is 2.38. The van der Waals surface area contributed by atoms with Gasteiger partial charge in [0.05, 0.1) is 13.2 Å². The summed E-state index contributed by atoms with van der Waals surface area (Å²) in [5.74, 6) is 0. The van der Waals surface area contributed by atoms with Gasteiger partial charge in [-0.15, -0.1) is 0 Å². The van der Waals surface area contributed by atoms with E-state index >= 15 is 0 Å². The van der Waals surface area contributed by atoms with E-state index in [2.05, 4.69) is 12.2 Å². The van der Waals surface area contributed by atoms with E-state index in [1.165, 1.54) is 5.56 Å². The van der Waals surface area contributed by atoms with Crippen molar-refractivity contribution in [3.63, 3.8) is 0 Å². The van der Waals surface area contributed by atoms with Crippen LogP contribution in [-0.2, 0) is 18.0 Å². The third-order valence-corrected chi connectivity index (χ3v) is 3.63. The fourth-order valence-corrected chi connectivity index (χ4v) is 2.38. The van der Waals surface area contributed by atoms with E-state index in [4.69, 9.17) is 9.84 Å². The smallest absolute Gasteiger partial charge is 0.321 e. The lowest BCUT2D eigenvalue weighted by molar-refractivity contribution is 0.134. The molecule has 0 saturated carbocycles. The van der Waals surface area contributed by atoms with Gasteiger partial charge in [-0.25, -0.2) is 4.79 Å². The molecule has 1 aromatic rings. The van der Waals surface area contributed by atoms with Crippen molar-refractivity contribution in [2.45, 2.75) is 39.4 Å². The predicted octanol–water partition coefficient (Wildman–Crippen LogP) is 2.73. The van der Waals surface area contributed by atoms with E-state index in [-0.39, 0.29) is 12.6 Å². The highest BCUT2D eigenvalue weighted by Crippen LogP contribution is 2.23. The number of carbonyl (C=O) groups is 1. The number of benzene rings is 1. The molecule has 1 aliphatic heterocycles. The molecule has 2 amide bonds. The Morgan fingerprint density at radius 2 is 2.05 bits per heavy atom. The Morgan fingerprint density at radius 1 is 1.29 bits per heavy atom. The molecule has 0 saturated heterocycles. The maximum Gasteiger partial charge on any atom is 0.321 e. The zero-order valence-electron chi connectivity index (χ0n) is 12.6. The highest BCUT2D eigenvalue weighted by atomic mass is 16.5. The first-order chi connectivity index (χ1) is 10.2. The molecular weight excluding hydrogens is 268 g/mol. The van der Waals surface area contributed by atoms with Gasteiger partial charge in [-0.05, 0) is 36.1 Å². The van der Waals surface area contributed by atoms with Gasteiger partial charge in [0.15, 0.2) is 0 Å². The van der Waals surface area contributed by atoms with Gasteiger partial charge in [0.1, 0.15) is 0 Å². The minimum absolute atomic E-state index is 0.101. The Balaban J connectivity index is 1.96. The van der Waals surface area contributed by atoms with Crippen LogP contribution in [0.15, 0.2) is 18.2 Å². The topological polar surface area (TPSA) is 61.8 Å². The molecule has 0 spiro atoms. The largest absolute Gasteiger partial charge is 0.396 e. The summed E-state index contributed by atoms with van der Waals surface area (Å²) >= 11 is 0. The number of nitrogens with one attached hydrogen (secondary N) is 1. The zero-order chi connectivity index (χ0) is 15.1. The van der Waals surface area contributed by atoms with Crippen LogP contribution in [0.1, 0.15) is 37.3 Å². The van der Waals surface area contributed by atoms with Crippen LogP contribution < -0.4 is 5.32 Å². The van der Waals surface area contributed by atoms with E-state index in [0.29, 0.717) is 26.2 Å². The average Bonchev–Trinajstić information content (AvgIpc) is 2.95. The van der Waals surface area contributed by atoms with Gasteiger partial charge >= 0.3 is 6.03 Å². The number of carbonyl (C=O) groups excluding carboxylic acids is 1. The minimum atomic E-state index is -0.101. The molecule has 0 atom stereocenters. The first kappa shape index (κ1) is 15.8. The molecule has 1 heterocycles. The molecule has 0 aliphatic carbocycles. The monoisotopic (exact) mass is 292 g/mol. The summed E-state index contributed by atoms with van der Waals surface area (Å²) in [4.78, 5) is 14.1. The Bertz CT molecular complexity index is 469. The van der Waals surface area contributed by atoms with Crippen molar-refractivity contribution in [1.29, 1.82) is 0 Å². The van der Waals surface area contributed by atoms with Gasteiger partial charge in [0.2, 0.25) is 0 Å². The minimum Gasteiger partial charge on any atom is -0.396 e. The molecule has 0 fully saturated rings. The number of hydrogen-bond donors (Lipinski definition) is 2. The summed E-state index contributed by atoms with van der Waals surface area (Å²) < 4.78 is 5.38. The average molecular weight is 292 g/mol. The van der Waals surface area contributed by atoms with Crippen molar-refractivity contribution in [2.24, 2.45) is 0 Å². The summed E-state index contributed by atoms with van der Waals surface area (Å²) in [6.45, 7) is 4.77. The van der Waals surface area contributed by atoms with Gasteiger partial charge in [0.25, 0.3) is 0 Å². The van der Waals surface area contributed by atoms with Crippen LogP contribution in [0, 0.1) is 0 Å².